The summed E-state index contributed by atoms with van der Waals surface area (Å²) in [6.07, 6.45) is 97.1. The molecule has 0 amide bonds. The number of hydrogen-bond donors (Lipinski definition) is 0. The number of allylic oxidation sites excluding steroid dienone is 24. The third kappa shape index (κ3) is 66.0. The van der Waals surface area contributed by atoms with Gasteiger partial charge in [-0.05, 0) is 141 Å². The van der Waals surface area contributed by atoms with E-state index in [2.05, 4.69) is 167 Å². The molecular formula is C75H122O6. The lowest BCUT2D eigenvalue weighted by Crippen LogP contribution is -2.30. The molecule has 0 saturated carbocycles. The topological polar surface area (TPSA) is 78.9 Å². The van der Waals surface area contributed by atoms with Crippen LogP contribution >= 0.6 is 0 Å². The van der Waals surface area contributed by atoms with Crippen molar-refractivity contribution in [2.45, 2.75) is 297 Å². The van der Waals surface area contributed by atoms with E-state index in [1.807, 2.05) is 0 Å². The van der Waals surface area contributed by atoms with Gasteiger partial charge in [-0.15, -0.1) is 0 Å². The fraction of sp³-hybridized carbons (Fsp3) is 0.640. The quantitative estimate of drug-likeness (QED) is 0.0261. The number of carbonyl (C=O) groups excluding carboxylic acids is 3. The molecule has 6 heteroatoms. The van der Waals surface area contributed by atoms with E-state index >= 15 is 0 Å². The first-order valence-electron chi connectivity index (χ1n) is 33.3. The maximum atomic E-state index is 12.9. The first kappa shape index (κ1) is 76.3. The molecule has 0 N–H and O–H groups in total. The third-order valence-electron chi connectivity index (χ3n) is 13.8. The Bertz CT molecular complexity index is 1760. The van der Waals surface area contributed by atoms with E-state index in [1.54, 1.807) is 0 Å². The molecule has 0 aliphatic rings. The standard InChI is InChI=1S/C75H122O6/c1-4-7-10-13-16-19-22-25-28-30-32-33-34-35-36-37-38-39-40-41-42-43-44-46-47-50-53-56-59-62-65-68-74(77)80-71-72(70-79-73(76)67-64-61-58-55-52-49-27-24-21-18-15-12-9-6-3)81-75(78)69-66-63-60-57-54-51-48-45-31-29-26-23-20-17-14-11-8-5-2/h7,10,15-16,18-20,23-25,27-29,31-33,35-36,38-39,41-42,44,46,72H,4-6,8-9,11-14,17,21-22,26,30,34,37,40,43,45,47-71H2,1-3H3/b10-7-,18-15-,19-16-,23-20-,27-24-,28-25-,31-29-,33-32-,36-35-,39-38-,42-41-,46-44-. The summed E-state index contributed by atoms with van der Waals surface area (Å²) in [7, 11) is 0. The van der Waals surface area contributed by atoms with Crippen LogP contribution in [0.1, 0.15) is 290 Å². The molecule has 81 heavy (non-hydrogen) atoms. The van der Waals surface area contributed by atoms with Crippen LogP contribution in [0.3, 0.4) is 0 Å². The summed E-state index contributed by atoms with van der Waals surface area (Å²) in [6.45, 7) is 6.44. The number of carbonyl (C=O) groups is 3. The molecule has 0 radical (unpaired) electrons. The molecule has 0 saturated heterocycles. The first-order valence-corrected chi connectivity index (χ1v) is 33.3. The summed E-state index contributed by atoms with van der Waals surface area (Å²) < 4.78 is 16.9. The lowest BCUT2D eigenvalue weighted by atomic mass is 10.1. The summed E-state index contributed by atoms with van der Waals surface area (Å²) in [5, 5.41) is 0. The van der Waals surface area contributed by atoms with Crippen LogP contribution in [0.4, 0.5) is 0 Å². The molecule has 0 rings (SSSR count). The van der Waals surface area contributed by atoms with Gasteiger partial charge in [-0.3, -0.25) is 14.4 Å². The van der Waals surface area contributed by atoms with Crippen LogP contribution in [0.5, 0.6) is 0 Å². The Balaban J connectivity index is 4.38. The second kappa shape index (κ2) is 67.8. The number of esters is 3. The third-order valence-corrected chi connectivity index (χ3v) is 13.8. The summed E-state index contributed by atoms with van der Waals surface area (Å²) >= 11 is 0. The molecule has 0 spiro atoms. The van der Waals surface area contributed by atoms with Crippen molar-refractivity contribution in [3.8, 4) is 0 Å². The molecule has 458 valence electrons. The van der Waals surface area contributed by atoms with Gasteiger partial charge in [-0.2, -0.15) is 0 Å². The molecule has 0 aliphatic carbocycles. The van der Waals surface area contributed by atoms with Crippen molar-refractivity contribution in [1.82, 2.24) is 0 Å². The molecule has 0 bridgehead atoms. The van der Waals surface area contributed by atoms with Crippen LogP contribution in [0, 0.1) is 0 Å². The van der Waals surface area contributed by atoms with Gasteiger partial charge in [-0.25, -0.2) is 0 Å². The molecule has 0 aromatic heterocycles. The normalized spacial score (nSPS) is 13.1. The van der Waals surface area contributed by atoms with E-state index in [0.29, 0.717) is 19.3 Å². The van der Waals surface area contributed by atoms with E-state index in [1.165, 1.54) is 89.9 Å². The minimum absolute atomic E-state index is 0.0973. The van der Waals surface area contributed by atoms with Gasteiger partial charge in [0.05, 0.1) is 0 Å². The fourth-order valence-corrected chi connectivity index (χ4v) is 8.80. The highest BCUT2D eigenvalue weighted by atomic mass is 16.6. The van der Waals surface area contributed by atoms with Crippen molar-refractivity contribution in [2.24, 2.45) is 0 Å². The lowest BCUT2D eigenvalue weighted by Gasteiger charge is -2.18. The summed E-state index contributed by atoms with van der Waals surface area (Å²) in [6, 6.07) is 0. The van der Waals surface area contributed by atoms with E-state index in [4.69, 9.17) is 14.2 Å². The number of unbranched alkanes of at least 4 members (excludes halogenated alkanes) is 24. The molecule has 0 aromatic rings. The zero-order valence-electron chi connectivity index (χ0n) is 52.5. The zero-order chi connectivity index (χ0) is 58.5. The molecule has 0 aromatic carbocycles. The summed E-state index contributed by atoms with van der Waals surface area (Å²) in [4.78, 5) is 38.3. The number of hydrogen-bond acceptors (Lipinski definition) is 6. The Labute approximate surface area is 499 Å². The van der Waals surface area contributed by atoms with Crippen molar-refractivity contribution in [3.63, 3.8) is 0 Å². The summed E-state index contributed by atoms with van der Waals surface area (Å²) in [5.74, 6) is -0.931. The van der Waals surface area contributed by atoms with E-state index in [-0.39, 0.29) is 31.1 Å². The lowest BCUT2D eigenvalue weighted by molar-refractivity contribution is -0.167. The predicted molar refractivity (Wildman–Crippen MR) is 352 cm³/mol. The molecule has 0 heterocycles. The number of ether oxygens (including phenoxy) is 3. The smallest absolute Gasteiger partial charge is 0.306 e. The molecule has 1 atom stereocenters. The van der Waals surface area contributed by atoms with Crippen molar-refractivity contribution >= 4 is 17.9 Å². The zero-order valence-corrected chi connectivity index (χ0v) is 52.5. The first-order chi connectivity index (χ1) is 40.0. The molecule has 0 aliphatic heterocycles. The Hall–Kier alpha value is -4.71. The minimum Gasteiger partial charge on any atom is -0.462 e. The van der Waals surface area contributed by atoms with Gasteiger partial charge in [0.15, 0.2) is 6.10 Å². The van der Waals surface area contributed by atoms with Crippen molar-refractivity contribution in [2.75, 3.05) is 13.2 Å². The molecule has 0 fully saturated rings. The van der Waals surface area contributed by atoms with Crippen molar-refractivity contribution < 1.29 is 28.6 Å². The van der Waals surface area contributed by atoms with Crippen LogP contribution in [0.15, 0.2) is 146 Å². The fourth-order valence-electron chi connectivity index (χ4n) is 8.80. The molecule has 1 unspecified atom stereocenters. The Morgan fingerprint density at radius 1 is 0.259 bits per heavy atom. The van der Waals surface area contributed by atoms with Gasteiger partial charge < -0.3 is 14.2 Å². The largest absolute Gasteiger partial charge is 0.462 e. The van der Waals surface area contributed by atoms with Gasteiger partial charge in [0.1, 0.15) is 13.2 Å². The van der Waals surface area contributed by atoms with E-state index in [9.17, 15) is 14.4 Å². The highest BCUT2D eigenvalue weighted by molar-refractivity contribution is 5.71. The second-order valence-corrected chi connectivity index (χ2v) is 21.6. The highest BCUT2D eigenvalue weighted by Crippen LogP contribution is 2.15. The minimum atomic E-state index is -0.802. The number of rotatable bonds is 59. The van der Waals surface area contributed by atoms with Gasteiger partial charge >= 0.3 is 17.9 Å². The van der Waals surface area contributed by atoms with Crippen molar-refractivity contribution in [1.29, 1.82) is 0 Å². The Kier molecular flexibility index (Phi) is 63.9. The summed E-state index contributed by atoms with van der Waals surface area (Å²) in [5.41, 5.74) is 0. The Morgan fingerprint density at radius 2 is 0.494 bits per heavy atom. The Morgan fingerprint density at radius 3 is 0.790 bits per heavy atom. The van der Waals surface area contributed by atoms with Crippen LogP contribution in [-0.4, -0.2) is 37.2 Å². The van der Waals surface area contributed by atoms with Gasteiger partial charge in [-0.1, -0.05) is 276 Å². The van der Waals surface area contributed by atoms with Gasteiger partial charge in [0, 0.05) is 19.3 Å². The maximum absolute atomic E-state index is 12.9. The predicted octanol–water partition coefficient (Wildman–Crippen LogP) is 23.1. The van der Waals surface area contributed by atoms with Crippen LogP contribution in [-0.2, 0) is 28.6 Å². The second-order valence-electron chi connectivity index (χ2n) is 21.6. The van der Waals surface area contributed by atoms with Crippen LogP contribution in [0.2, 0.25) is 0 Å². The van der Waals surface area contributed by atoms with Crippen LogP contribution < -0.4 is 0 Å². The molecular weight excluding hydrogens is 997 g/mol. The average Bonchev–Trinajstić information content (AvgIpc) is 3.47. The monoisotopic (exact) mass is 1120 g/mol. The van der Waals surface area contributed by atoms with E-state index < -0.39 is 6.10 Å². The maximum Gasteiger partial charge on any atom is 0.306 e. The van der Waals surface area contributed by atoms with Crippen molar-refractivity contribution in [3.05, 3.63) is 146 Å². The van der Waals surface area contributed by atoms with Gasteiger partial charge in [0.2, 0.25) is 0 Å². The highest BCUT2D eigenvalue weighted by Gasteiger charge is 2.19. The molecule has 6 nitrogen and oxygen atoms in total. The van der Waals surface area contributed by atoms with Crippen LogP contribution in [0.25, 0.3) is 0 Å². The average molecular weight is 1120 g/mol. The SMILES string of the molecule is CC/C=C\C/C=C\C/C=C\C/C=C\C/C=C\C/C=C\C/C=C\C/C=C\CCCCCCCCC(=O)OCC(COC(=O)CCCCCCC/C=C\C/C=C\CCCC)OC(=O)CCCCCCCCC/C=C\C/C=C\CCCCCC. The van der Waals surface area contributed by atoms with E-state index in [0.717, 1.165) is 161 Å². The van der Waals surface area contributed by atoms with Gasteiger partial charge in [0.25, 0.3) is 0 Å².